The van der Waals surface area contributed by atoms with E-state index in [1.807, 2.05) is 0 Å². The lowest BCUT2D eigenvalue weighted by Crippen LogP contribution is -2.29. The zero-order valence-electron chi connectivity index (χ0n) is 10.6. The highest BCUT2D eigenvalue weighted by Gasteiger charge is 2.30. The van der Waals surface area contributed by atoms with Crippen LogP contribution < -0.4 is 5.73 Å². The highest BCUT2D eigenvalue weighted by atomic mass is 32.1. The third kappa shape index (κ3) is 3.57. The lowest BCUT2D eigenvalue weighted by atomic mass is 10.2. The van der Waals surface area contributed by atoms with Gasteiger partial charge in [0.25, 0.3) is 0 Å². The third-order valence-corrected chi connectivity index (χ3v) is 4.31. The van der Waals surface area contributed by atoms with E-state index in [0.717, 1.165) is 18.0 Å². The van der Waals surface area contributed by atoms with Gasteiger partial charge in [-0.2, -0.15) is 0 Å². The summed E-state index contributed by atoms with van der Waals surface area (Å²) in [5.74, 6) is 6.90. The van der Waals surface area contributed by atoms with E-state index in [-0.39, 0.29) is 0 Å². The van der Waals surface area contributed by atoms with E-state index in [1.165, 1.54) is 17.7 Å². The number of hydrogen-bond acceptors (Lipinski definition) is 3. The largest absolute Gasteiger partial charge is 0.320 e. The fraction of sp³-hybridized carbons (Fsp3) is 0.571. The molecule has 0 radical (unpaired) electrons. The van der Waals surface area contributed by atoms with Crippen LogP contribution in [-0.4, -0.2) is 24.5 Å². The summed E-state index contributed by atoms with van der Waals surface area (Å²) >= 11 is 1.79. The Kier molecular flexibility index (Phi) is 4.22. The molecule has 1 heterocycles. The van der Waals surface area contributed by atoms with Crippen LogP contribution in [0, 0.1) is 17.8 Å². The molecule has 1 saturated carbocycles. The van der Waals surface area contributed by atoms with Crippen LogP contribution in [0.5, 0.6) is 0 Å². The van der Waals surface area contributed by atoms with Gasteiger partial charge in [0.15, 0.2) is 0 Å². The van der Waals surface area contributed by atoms with E-state index in [2.05, 4.69) is 42.2 Å². The van der Waals surface area contributed by atoms with Crippen LogP contribution in [0.15, 0.2) is 11.4 Å². The number of rotatable bonds is 4. The molecule has 2 rings (SSSR count). The van der Waals surface area contributed by atoms with E-state index in [1.54, 1.807) is 11.3 Å². The zero-order chi connectivity index (χ0) is 12.3. The van der Waals surface area contributed by atoms with Crippen LogP contribution >= 0.6 is 11.3 Å². The van der Waals surface area contributed by atoms with Crippen molar-refractivity contribution in [2.75, 3.05) is 13.6 Å². The fourth-order valence-corrected chi connectivity index (χ4v) is 2.89. The first-order valence-corrected chi connectivity index (χ1v) is 7.05. The van der Waals surface area contributed by atoms with Crippen molar-refractivity contribution in [3.63, 3.8) is 0 Å². The van der Waals surface area contributed by atoms with E-state index < -0.39 is 0 Å². The molecule has 0 aliphatic heterocycles. The Hall–Kier alpha value is -0.820. The molecule has 1 aromatic rings. The molecule has 2 N–H and O–H groups in total. The minimum atomic E-state index is 0.434. The summed E-state index contributed by atoms with van der Waals surface area (Å²) in [7, 11) is 2.22. The van der Waals surface area contributed by atoms with Crippen molar-refractivity contribution in [3.8, 4) is 11.8 Å². The van der Waals surface area contributed by atoms with E-state index in [0.29, 0.717) is 12.6 Å². The summed E-state index contributed by atoms with van der Waals surface area (Å²) in [4.78, 5) is 3.84. The summed E-state index contributed by atoms with van der Waals surface area (Å²) in [5.41, 5.74) is 6.47. The summed E-state index contributed by atoms with van der Waals surface area (Å²) in [6.45, 7) is 3.80. The van der Waals surface area contributed by atoms with Crippen molar-refractivity contribution in [1.82, 2.24) is 4.90 Å². The predicted molar refractivity (Wildman–Crippen MR) is 73.9 cm³/mol. The second-order valence-corrected chi connectivity index (χ2v) is 5.80. The molecule has 0 saturated heterocycles. The molecular formula is C14H20N2S. The van der Waals surface area contributed by atoms with Gasteiger partial charge >= 0.3 is 0 Å². The van der Waals surface area contributed by atoms with Crippen LogP contribution in [-0.2, 0) is 6.54 Å². The molecule has 0 amide bonds. The van der Waals surface area contributed by atoms with Gasteiger partial charge in [0, 0.05) is 28.4 Å². The van der Waals surface area contributed by atoms with Gasteiger partial charge in [-0.3, -0.25) is 4.90 Å². The summed E-state index contributed by atoms with van der Waals surface area (Å²) in [5, 5.41) is 2.12. The van der Waals surface area contributed by atoms with E-state index in [4.69, 9.17) is 5.73 Å². The quantitative estimate of drug-likeness (QED) is 0.828. The van der Waals surface area contributed by atoms with Crippen LogP contribution in [0.2, 0.25) is 0 Å². The molecule has 1 aromatic heterocycles. The minimum Gasteiger partial charge on any atom is -0.320 e. The second kappa shape index (κ2) is 5.68. The molecule has 92 valence electrons. The first kappa shape index (κ1) is 12.6. The summed E-state index contributed by atoms with van der Waals surface area (Å²) in [6, 6.07) is 2.89. The Labute approximate surface area is 108 Å². The summed E-state index contributed by atoms with van der Waals surface area (Å²) < 4.78 is 0. The highest BCUT2D eigenvalue weighted by molar-refractivity contribution is 7.10. The van der Waals surface area contributed by atoms with Gasteiger partial charge in [0.1, 0.15) is 0 Å². The van der Waals surface area contributed by atoms with E-state index in [9.17, 15) is 0 Å². The van der Waals surface area contributed by atoms with Gasteiger partial charge in [-0.25, -0.2) is 0 Å². The molecular weight excluding hydrogens is 228 g/mol. The van der Waals surface area contributed by atoms with Crippen molar-refractivity contribution >= 4 is 11.3 Å². The fourth-order valence-electron chi connectivity index (χ4n) is 2.01. The van der Waals surface area contributed by atoms with Gasteiger partial charge in [0.2, 0.25) is 0 Å². The lowest BCUT2D eigenvalue weighted by Gasteiger charge is -2.23. The average molecular weight is 248 g/mol. The molecule has 0 spiro atoms. The van der Waals surface area contributed by atoms with Gasteiger partial charge in [-0.05, 0) is 38.8 Å². The average Bonchev–Trinajstić information content (AvgIpc) is 3.08. The smallest absolute Gasteiger partial charge is 0.0555 e. The lowest BCUT2D eigenvalue weighted by molar-refractivity contribution is 0.228. The first-order valence-electron chi connectivity index (χ1n) is 6.17. The predicted octanol–water partition coefficient (Wildman–Crippen LogP) is 2.29. The maximum atomic E-state index is 5.37. The van der Waals surface area contributed by atoms with Crippen molar-refractivity contribution in [2.24, 2.45) is 11.7 Å². The second-order valence-electron chi connectivity index (χ2n) is 4.80. The number of thiophene rings is 1. The zero-order valence-corrected chi connectivity index (χ0v) is 11.4. The molecule has 0 aromatic carbocycles. The number of hydrogen-bond donors (Lipinski definition) is 1. The van der Waals surface area contributed by atoms with Crippen LogP contribution in [0.4, 0.5) is 0 Å². The molecule has 1 fully saturated rings. The SMILES string of the molecule is CC(C1CC1)N(C)Cc1cc(C#CCN)cs1. The Morgan fingerprint density at radius 3 is 3.00 bits per heavy atom. The normalized spacial score (nSPS) is 16.7. The monoisotopic (exact) mass is 248 g/mol. The Balaban J connectivity index is 1.91. The van der Waals surface area contributed by atoms with Gasteiger partial charge in [-0.15, -0.1) is 11.3 Å². The Morgan fingerprint density at radius 1 is 1.59 bits per heavy atom. The molecule has 1 atom stereocenters. The first-order chi connectivity index (χ1) is 8.20. The topological polar surface area (TPSA) is 29.3 Å². The molecule has 1 aliphatic rings. The molecule has 3 heteroatoms. The molecule has 2 nitrogen and oxygen atoms in total. The molecule has 1 aliphatic carbocycles. The Bertz CT molecular complexity index is 423. The standard InChI is InChI=1S/C14H20N2S/c1-11(13-5-6-13)16(2)9-14-8-12(10-17-14)4-3-7-15/h8,10-11,13H,5-7,9,15H2,1-2H3. The summed E-state index contributed by atoms with van der Waals surface area (Å²) in [6.07, 6.45) is 2.81. The highest BCUT2D eigenvalue weighted by Crippen LogP contribution is 2.35. The van der Waals surface area contributed by atoms with Crippen molar-refractivity contribution in [2.45, 2.75) is 32.4 Å². The van der Waals surface area contributed by atoms with Crippen LogP contribution in [0.1, 0.15) is 30.2 Å². The van der Waals surface area contributed by atoms with Crippen molar-refractivity contribution in [1.29, 1.82) is 0 Å². The molecule has 1 unspecified atom stereocenters. The van der Waals surface area contributed by atoms with Crippen molar-refractivity contribution < 1.29 is 0 Å². The third-order valence-electron chi connectivity index (χ3n) is 3.39. The molecule has 17 heavy (non-hydrogen) atoms. The van der Waals surface area contributed by atoms with E-state index >= 15 is 0 Å². The van der Waals surface area contributed by atoms with Gasteiger partial charge in [0.05, 0.1) is 6.54 Å². The molecule has 0 bridgehead atoms. The van der Waals surface area contributed by atoms with Crippen molar-refractivity contribution in [3.05, 3.63) is 21.9 Å². The van der Waals surface area contributed by atoms with Crippen LogP contribution in [0.3, 0.4) is 0 Å². The maximum Gasteiger partial charge on any atom is 0.0555 e. The number of nitrogens with two attached hydrogens (primary N) is 1. The van der Waals surface area contributed by atoms with Gasteiger partial charge < -0.3 is 5.73 Å². The number of nitrogens with zero attached hydrogens (tertiary/aromatic N) is 1. The van der Waals surface area contributed by atoms with Crippen LogP contribution in [0.25, 0.3) is 0 Å². The Morgan fingerprint density at radius 2 is 2.35 bits per heavy atom. The maximum absolute atomic E-state index is 5.37. The minimum absolute atomic E-state index is 0.434. The van der Waals surface area contributed by atoms with Gasteiger partial charge in [-0.1, -0.05) is 11.8 Å².